The minimum Gasteiger partial charge on any atom is -0.497 e. The van der Waals surface area contributed by atoms with Gasteiger partial charge in [0.2, 0.25) is 6.79 Å². The third-order valence-electron chi connectivity index (χ3n) is 5.72. The normalized spacial score (nSPS) is 14.7. The molecule has 31 heavy (non-hydrogen) atoms. The molecule has 158 valence electrons. The topological polar surface area (TPSA) is 51.2 Å². The predicted octanol–water partition coefficient (Wildman–Crippen LogP) is 4.48. The minimum absolute atomic E-state index is 0.0000302. The number of methoxy groups -OCH3 is 1. The number of ether oxygens (including phenoxy) is 3. The van der Waals surface area contributed by atoms with Gasteiger partial charge >= 0.3 is 0 Å². The largest absolute Gasteiger partial charge is 0.497 e. The number of amides is 1. The van der Waals surface area contributed by atoms with Crippen molar-refractivity contribution in [3.8, 4) is 17.2 Å². The summed E-state index contributed by atoms with van der Waals surface area (Å²) in [5.74, 6) is 2.32. The van der Waals surface area contributed by atoms with Crippen molar-refractivity contribution in [2.45, 2.75) is 13.0 Å². The van der Waals surface area contributed by atoms with Crippen LogP contribution < -0.4 is 24.0 Å². The summed E-state index contributed by atoms with van der Waals surface area (Å²) in [5, 5.41) is 0. The number of nitrogens with zero attached hydrogens (tertiary/aromatic N) is 2. The number of anilines is 2. The van der Waals surface area contributed by atoms with E-state index in [1.807, 2.05) is 59.5 Å². The minimum atomic E-state index is 0.0000302. The quantitative estimate of drug-likeness (QED) is 0.628. The van der Waals surface area contributed by atoms with Crippen LogP contribution in [0.2, 0.25) is 0 Å². The first-order chi connectivity index (χ1) is 15.2. The number of hydrogen-bond acceptors (Lipinski definition) is 5. The highest BCUT2D eigenvalue weighted by Gasteiger charge is 2.26. The molecule has 0 atom stereocenters. The maximum absolute atomic E-state index is 13.3. The molecule has 3 aromatic rings. The summed E-state index contributed by atoms with van der Waals surface area (Å²) in [7, 11) is 1.62. The number of carbonyl (C=O) groups is 1. The molecule has 0 aromatic heterocycles. The van der Waals surface area contributed by atoms with Crippen LogP contribution in [-0.4, -0.2) is 32.9 Å². The van der Waals surface area contributed by atoms with Crippen LogP contribution in [0.4, 0.5) is 11.4 Å². The van der Waals surface area contributed by atoms with E-state index in [1.54, 1.807) is 7.11 Å². The Morgan fingerprint density at radius 3 is 2.52 bits per heavy atom. The SMILES string of the molecule is COc1ccc(C(=O)N2CCCN(Cc3ccc4c(c3)OCO4)c3ccccc32)cc1. The molecule has 0 aliphatic carbocycles. The smallest absolute Gasteiger partial charge is 0.258 e. The molecular weight excluding hydrogens is 392 g/mol. The number of benzene rings is 3. The zero-order valence-electron chi connectivity index (χ0n) is 17.4. The van der Waals surface area contributed by atoms with Gasteiger partial charge in [0.1, 0.15) is 5.75 Å². The Morgan fingerprint density at radius 1 is 0.935 bits per heavy atom. The van der Waals surface area contributed by atoms with Gasteiger partial charge in [-0.3, -0.25) is 4.79 Å². The van der Waals surface area contributed by atoms with Gasteiger partial charge in [-0.1, -0.05) is 18.2 Å². The molecule has 6 heteroatoms. The van der Waals surface area contributed by atoms with E-state index >= 15 is 0 Å². The molecule has 0 radical (unpaired) electrons. The maximum Gasteiger partial charge on any atom is 0.258 e. The van der Waals surface area contributed by atoms with Gasteiger partial charge in [0.15, 0.2) is 11.5 Å². The second-order valence-corrected chi connectivity index (χ2v) is 7.64. The van der Waals surface area contributed by atoms with Crippen molar-refractivity contribution >= 4 is 17.3 Å². The van der Waals surface area contributed by atoms with Gasteiger partial charge in [-0.2, -0.15) is 0 Å². The van der Waals surface area contributed by atoms with E-state index in [4.69, 9.17) is 14.2 Å². The van der Waals surface area contributed by atoms with Gasteiger partial charge in [-0.25, -0.2) is 0 Å². The monoisotopic (exact) mass is 416 g/mol. The number of hydrogen-bond donors (Lipinski definition) is 0. The Morgan fingerprint density at radius 2 is 1.71 bits per heavy atom. The van der Waals surface area contributed by atoms with E-state index in [0.29, 0.717) is 12.1 Å². The standard InChI is InChI=1S/C25H24N2O4/c1-29-20-10-8-19(9-11-20)25(28)27-14-4-13-26(21-5-2-3-6-22(21)27)16-18-7-12-23-24(15-18)31-17-30-23/h2-3,5-12,15H,4,13-14,16-17H2,1H3. The van der Waals surface area contributed by atoms with Crippen molar-refractivity contribution in [1.29, 1.82) is 0 Å². The molecule has 2 aliphatic rings. The average molecular weight is 416 g/mol. The van der Waals surface area contributed by atoms with Gasteiger partial charge < -0.3 is 24.0 Å². The zero-order chi connectivity index (χ0) is 21.2. The molecule has 0 spiro atoms. The molecule has 1 amide bonds. The Labute approximate surface area is 181 Å². The number of carbonyl (C=O) groups excluding carboxylic acids is 1. The van der Waals surface area contributed by atoms with Crippen LogP contribution >= 0.6 is 0 Å². The Bertz CT molecular complexity index is 1100. The first kappa shape index (κ1) is 19.3. The number of fused-ring (bicyclic) bond motifs is 2. The Hall–Kier alpha value is -3.67. The van der Waals surface area contributed by atoms with Crippen LogP contribution in [0, 0.1) is 0 Å². The highest BCUT2D eigenvalue weighted by Crippen LogP contribution is 2.36. The molecule has 0 unspecified atom stereocenters. The maximum atomic E-state index is 13.3. The van der Waals surface area contributed by atoms with Gasteiger partial charge in [0, 0.05) is 25.2 Å². The fourth-order valence-corrected chi connectivity index (χ4v) is 4.14. The third-order valence-corrected chi connectivity index (χ3v) is 5.72. The van der Waals surface area contributed by atoms with E-state index in [-0.39, 0.29) is 12.7 Å². The van der Waals surface area contributed by atoms with E-state index < -0.39 is 0 Å². The first-order valence-electron chi connectivity index (χ1n) is 10.4. The first-order valence-corrected chi connectivity index (χ1v) is 10.4. The lowest BCUT2D eigenvalue weighted by Gasteiger charge is -2.27. The molecule has 0 saturated carbocycles. The second-order valence-electron chi connectivity index (χ2n) is 7.64. The molecule has 5 rings (SSSR count). The molecule has 0 fully saturated rings. The van der Waals surface area contributed by atoms with Crippen molar-refractivity contribution < 1.29 is 19.0 Å². The van der Waals surface area contributed by atoms with Crippen LogP contribution in [0.1, 0.15) is 22.3 Å². The van der Waals surface area contributed by atoms with E-state index in [0.717, 1.165) is 53.7 Å². The van der Waals surface area contributed by atoms with Gasteiger partial charge in [-0.05, 0) is 60.5 Å². The summed E-state index contributed by atoms with van der Waals surface area (Å²) in [6.07, 6.45) is 0.876. The molecule has 0 bridgehead atoms. The van der Waals surface area contributed by atoms with Crippen LogP contribution in [0.15, 0.2) is 66.7 Å². The zero-order valence-corrected chi connectivity index (χ0v) is 17.4. The molecular formula is C25H24N2O4. The Kier molecular flexibility index (Phi) is 5.12. The summed E-state index contributed by atoms with van der Waals surface area (Å²) in [6, 6.07) is 21.5. The lowest BCUT2D eigenvalue weighted by molar-refractivity contribution is 0.0987. The van der Waals surface area contributed by atoms with Crippen molar-refractivity contribution in [2.75, 3.05) is 36.8 Å². The third kappa shape index (κ3) is 3.77. The highest BCUT2D eigenvalue weighted by atomic mass is 16.7. The second kappa shape index (κ2) is 8.22. The number of para-hydroxylation sites is 2. The fraction of sp³-hybridized carbons (Fsp3) is 0.240. The Balaban J connectivity index is 1.43. The molecule has 3 aromatic carbocycles. The van der Waals surface area contributed by atoms with E-state index in [2.05, 4.69) is 17.0 Å². The summed E-state index contributed by atoms with van der Waals surface area (Å²) in [6.45, 7) is 2.53. The molecule has 6 nitrogen and oxygen atoms in total. The van der Waals surface area contributed by atoms with Crippen LogP contribution in [-0.2, 0) is 6.54 Å². The molecule has 0 N–H and O–H groups in total. The lowest BCUT2D eigenvalue weighted by Crippen LogP contribution is -2.31. The van der Waals surface area contributed by atoms with E-state index in [1.165, 1.54) is 0 Å². The number of rotatable bonds is 4. The highest BCUT2D eigenvalue weighted by molar-refractivity contribution is 6.08. The molecule has 0 saturated heterocycles. The van der Waals surface area contributed by atoms with Gasteiger partial charge in [-0.15, -0.1) is 0 Å². The van der Waals surface area contributed by atoms with Gasteiger partial charge in [0.05, 0.1) is 18.5 Å². The molecule has 2 aliphatic heterocycles. The summed E-state index contributed by atoms with van der Waals surface area (Å²) in [4.78, 5) is 17.6. The fourth-order valence-electron chi connectivity index (χ4n) is 4.14. The van der Waals surface area contributed by atoms with Crippen LogP contribution in [0.3, 0.4) is 0 Å². The lowest BCUT2D eigenvalue weighted by atomic mass is 10.1. The van der Waals surface area contributed by atoms with Crippen LogP contribution in [0.25, 0.3) is 0 Å². The van der Waals surface area contributed by atoms with Crippen molar-refractivity contribution in [3.05, 3.63) is 77.9 Å². The van der Waals surface area contributed by atoms with E-state index in [9.17, 15) is 4.79 Å². The van der Waals surface area contributed by atoms with Crippen LogP contribution in [0.5, 0.6) is 17.2 Å². The molecule has 2 heterocycles. The van der Waals surface area contributed by atoms with Crippen molar-refractivity contribution in [2.24, 2.45) is 0 Å². The average Bonchev–Trinajstić information content (AvgIpc) is 3.21. The summed E-state index contributed by atoms with van der Waals surface area (Å²) in [5.41, 5.74) is 3.79. The van der Waals surface area contributed by atoms with Gasteiger partial charge in [0.25, 0.3) is 5.91 Å². The summed E-state index contributed by atoms with van der Waals surface area (Å²) < 4.78 is 16.2. The predicted molar refractivity (Wildman–Crippen MR) is 119 cm³/mol. The van der Waals surface area contributed by atoms with Crippen molar-refractivity contribution in [1.82, 2.24) is 0 Å². The summed E-state index contributed by atoms with van der Waals surface area (Å²) >= 11 is 0. The van der Waals surface area contributed by atoms with Crippen molar-refractivity contribution in [3.63, 3.8) is 0 Å².